The number of hydrogen-bond acceptors (Lipinski definition) is 2. The Labute approximate surface area is 103 Å². The highest BCUT2D eigenvalue weighted by Gasteiger charge is 2.48. The zero-order chi connectivity index (χ0) is 13.5. The molecule has 17 heavy (non-hydrogen) atoms. The normalized spacial score (nSPS) is 15.9. The minimum atomic E-state index is -1.42. The van der Waals surface area contributed by atoms with Crippen molar-refractivity contribution in [2.45, 2.75) is 46.0 Å². The van der Waals surface area contributed by atoms with Crippen molar-refractivity contribution in [3.05, 3.63) is 12.7 Å². The average Bonchev–Trinajstić information content (AvgIpc) is 2.24. The number of amides is 1. The molecule has 0 heterocycles. The van der Waals surface area contributed by atoms with Gasteiger partial charge in [0, 0.05) is 0 Å². The van der Waals surface area contributed by atoms with Crippen molar-refractivity contribution in [2.24, 2.45) is 17.1 Å². The molecule has 0 saturated heterocycles. The summed E-state index contributed by atoms with van der Waals surface area (Å²) in [5, 5.41) is 9.33. The first-order valence-corrected chi connectivity index (χ1v) is 6.07. The number of primary amides is 1. The van der Waals surface area contributed by atoms with Gasteiger partial charge in [-0.15, -0.1) is 6.58 Å². The van der Waals surface area contributed by atoms with Crippen molar-refractivity contribution in [3.8, 4) is 0 Å². The third kappa shape index (κ3) is 3.58. The average molecular weight is 241 g/mol. The third-order valence-electron chi connectivity index (χ3n) is 3.35. The summed E-state index contributed by atoms with van der Waals surface area (Å²) in [5.41, 5.74) is 3.90. The number of carbonyl (C=O) groups excluding carboxylic acids is 1. The fraction of sp³-hybridized carbons (Fsp3) is 0.692. The lowest BCUT2D eigenvalue weighted by Gasteiger charge is -2.32. The van der Waals surface area contributed by atoms with E-state index in [0.29, 0.717) is 19.3 Å². The molecule has 0 aliphatic carbocycles. The molecule has 4 heteroatoms. The fourth-order valence-electron chi connectivity index (χ4n) is 2.24. The lowest BCUT2D eigenvalue weighted by atomic mass is 9.70. The molecule has 0 aliphatic heterocycles. The van der Waals surface area contributed by atoms with Crippen LogP contribution in [0.15, 0.2) is 12.7 Å². The largest absolute Gasteiger partial charge is 0.480 e. The first-order chi connectivity index (χ1) is 7.93. The molecule has 4 nitrogen and oxygen atoms in total. The summed E-state index contributed by atoms with van der Waals surface area (Å²) in [6.07, 6.45) is 5.04. The van der Waals surface area contributed by atoms with Crippen LogP contribution in [0.5, 0.6) is 0 Å². The van der Waals surface area contributed by atoms with Crippen LogP contribution >= 0.6 is 0 Å². The molecule has 0 aromatic heterocycles. The molecular formula is C13H23NO3. The van der Waals surface area contributed by atoms with Crippen LogP contribution in [-0.4, -0.2) is 17.0 Å². The molecule has 0 bridgehead atoms. The van der Waals surface area contributed by atoms with E-state index in [9.17, 15) is 14.7 Å². The third-order valence-corrected chi connectivity index (χ3v) is 3.35. The number of carbonyl (C=O) groups is 2. The number of allylic oxidation sites excluding steroid dienone is 1. The highest BCUT2D eigenvalue weighted by Crippen LogP contribution is 2.36. The van der Waals surface area contributed by atoms with E-state index in [0.717, 1.165) is 12.8 Å². The van der Waals surface area contributed by atoms with Gasteiger partial charge in [-0.25, -0.2) is 0 Å². The van der Waals surface area contributed by atoms with Gasteiger partial charge in [0.2, 0.25) is 5.91 Å². The van der Waals surface area contributed by atoms with Crippen molar-refractivity contribution in [1.29, 1.82) is 0 Å². The Kier molecular flexibility index (Phi) is 6.54. The van der Waals surface area contributed by atoms with Crippen LogP contribution < -0.4 is 5.73 Å². The van der Waals surface area contributed by atoms with Gasteiger partial charge in [-0.3, -0.25) is 9.59 Å². The molecule has 2 atom stereocenters. The van der Waals surface area contributed by atoms with Crippen LogP contribution in [0, 0.1) is 11.3 Å². The smallest absolute Gasteiger partial charge is 0.319 e. The molecule has 0 fully saturated rings. The Bertz CT molecular complexity index is 272. The SMILES string of the molecule is C=CCCCC(C)C(CCC)(C(N)=O)C(=O)O. The number of carboxylic acid groups (broad SMARTS) is 1. The van der Waals surface area contributed by atoms with E-state index in [4.69, 9.17) is 5.73 Å². The lowest BCUT2D eigenvalue weighted by Crippen LogP contribution is -2.48. The van der Waals surface area contributed by atoms with Gasteiger partial charge < -0.3 is 10.8 Å². The standard InChI is InChI=1S/C13H23NO3/c1-4-6-7-8-10(3)13(9-5-2,11(14)15)12(16)17/h4,10H,1,5-9H2,2-3H3,(H2,14,15)(H,16,17). The number of carboxylic acids is 1. The highest BCUT2D eigenvalue weighted by atomic mass is 16.4. The number of unbranched alkanes of at least 4 members (excludes halogenated alkanes) is 1. The summed E-state index contributed by atoms with van der Waals surface area (Å²) in [6, 6.07) is 0. The van der Waals surface area contributed by atoms with E-state index < -0.39 is 17.3 Å². The minimum absolute atomic E-state index is 0.252. The Morgan fingerprint density at radius 3 is 2.47 bits per heavy atom. The maximum absolute atomic E-state index is 11.5. The Morgan fingerprint density at radius 2 is 2.12 bits per heavy atom. The zero-order valence-electron chi connectivity index (χ0n) is 10.7. The Hall–Kier alpha value is -1.32. The summed E-state index contributed by atoms with van der Waals surface area (Å²) in [7, 11) is 0. The molecule has 1 amide bonds. The van der Waals surface area contributed by atoms with Gasteiger partial charge in [0.05, 0.1) is 0 Å². The molecule has 3 N–H and O–H groups in total. The first kappa shape index (κ1) is 15.7. The molecule has 2 unspecified atom stereocenters. The number of aliphatic carboxylic acids is 1. The summed E-state index contributed by atoms with van der Waals surface area (Å²) in [5.74, 6) is -2.08. The van der Waals surface area contributed by atoms with Gasteiger partial charge in [-0.05, 0) is 31.6 Å². The molecule has 0 rings (SSSR count). The summed E-state index contributed by atoms with van der Waals surface area (Å²) >= 11 is 0. The molecule has 0 aromatic carbocycles. The summed E-state index contributed by atoms with van der Waals surface area (Å²) in [6.45, 7) is 7.27. The van der Waals surface area contributed by atoms with Crippen LogP contribution in [0.3, 0.4) is 0 Å². The van der Waals surface area contributed by atoms with Gasteiger partial charge >= 0.3 is 5.97 Å². The number of rotatable bonds is 9. The van der Waals surface area contributed by atoms with E-state index in [1.807, 2.05) is 6.92 Å². The second kappa shape index (κ2) is 7.09. The molecule has 0 aromatic rings. The topological polar surface area (TPSA) is 80.4 Å². The quantitative estimate of drug-likeness (QED) is 0.369. The van der Waals surface area contributed by atoms with E-state index >= 15 is 0 Å². The van der Waals surface area contributed by atoms with Crippen LogP contribution in [0.4, 0.5) is 0 Å². The second-order valence-electron chi connectivity index (χ2n) is 4.51. The zero-order valence-corrected chi connectivity index (χ0v) is 10.7. The van der Waals surface area contributed by atoms with Crippen LogP contribution in [0.2, 0.25) is 0 Å². The first-order valence-electron chi connectivity index (χ1n) is 6.07. The molecule has 0 saturated carbocycles. The Balaban J connectivity index is 4.93. The maximum atomic E-state index is 11.5. The number of nitrogens with two attached hydrogens (primary N) is 1. The van der Waals surface area contributed by atoms with Gasteiger partial charge in [-0.1, -0.05) is 26.3 Å². The summed E-state index contributed by atoms with van der Waals surface area (Å²) in [4.78, 5) is 23.0. The molecule has 0 spiro atoms. The Morgan fingerprint density at radius 1 is 1.53 bits per heavy atom. The van der Waals surface area contributed by atoms with E-state index in [1.54, 1.807) is 13.0 Å². The molecule has 0 aliphatic rings. The van der Waals surface area contributed by atoms with Gasteiger partial charge in [-0.2, -0.15) is 0 Å². The fourth-order valence-corrected chi connectivity index (χ4v) is 2.24. The van der Waals surface area contributed by atoms with Crippen molar-refractivity contribution >= 4 is 11.9 Å². The van der Waals surface area contributed by atoms with Crippen LogP contribution in [0.25, 0.3) is 0 Å². The van der Waals surface area contributed by atoms with Gasteiger partial charge in [0.15, 0.2) is 0 Å². The van der Waals surface area contributed by atoms with Crippen molar-refractivity contribution in [1.82, 2.24) is 0 Å². The predicted molar refractivity (Wildman–Crippen MR) is 67.4 cm³/mol. The van der Waals surface area contributed by atoms with E-state index in [1.165, 1.54) is 0 Å². The molecule has 98 valence electrons. The summed E-state index contributed by atoms with van der Waals surface area (Å²) < 4.78 is 0. The maximum Gasteiger partial charge on any atom is 0.319 e. The second-order valence-corrected chi connectivity index (χ2v) is 4.51. The van der Waals surface area contributed by atoms with E-state index in [-0.39, 0.29) is 5.92 Å². The highest BCUT2D eigenvalue weighted by molar-refractivity contribution is 6.01. The van der Waals surface area contributed by atoms with Crippen molar-refractivity contribution < 1.29 is 14.7 Å². The van der Waals surface area contributed by atoms with Crippen molar-refractivity contribution in [3.63, 3.8) is 0 Å². The predicted octanol–water partition coefficient (Wildman–Crippen LogP) is 2.34. The molecular weight excluding hydrogens is 218 g/mol. The van der Waals surface area contributed by atoms with Gasteiger partial charge in [0.1, 0.15) is 5.41 Å². The monoisotopic (exact) mass is 241 g/mol. The van der Waals surface area contributed by atoms with Gasteiger partial charge in [0.25, 0.3) is 0 Å². The van der Waals surface area contributed by atoms with E-state index in [2.05, 4.69) is 6.58 Å². The van der Waals surface area contributed by atoms with Crippen molar-refractivity contribution in [2.75, 3.05) is 0 Å². The number of hydrogen-bond donors (Lipinski definition) is 2. The van der Waals surface area contributed by atoms with Crippen LogP contribution in [-0.2, 0) is 9.59 Å². The minimum Gasteiger partial charge on any atom is -0.480 e. The van der Waals surface area contributed by atoms with Crippen LogP contribution in [0.1, 0.15) is 46.0 Å². The lowest BCUT2D eigenvalue weighted by molar-refractivity contribution is -0.159. The molecule has 0 radical (unpaired) electrons.